The summed E-state index contributed by atoms with van der Waals surface area (Å²) < 4.78 is 27.0. The first-order valence-corrected chi connectivity index (χ1v) is 8.47. The maximum atomic E-state index is 12.2. The molecule has 0 amide bonds. The monoisotopic (exact) mass is 302 g/mol. The molecule has 6 heteroatoms. The van der Waals surface area contributed by atoms with Crippen LogP contribution in [0.1, 0.15) is 18.4 Å². The van der Waals surface area contributed by atoms with Crippen molar-refractivity contribution in [3.63, 3.8) is 0 Å². The largest absolute Gasteiger partial charge is 0.316 e. The summed E-state index contributed by atoms with van der Waals surface area (Å²) in [5.41, 5.74) is 1.32. The van der Waals surface area contributed by atoms with Crippen molar-refractivity contribution >= 4 is 27.3 Å². The standard InChI is InChI=1S/C13H19ClN2O2S/c1-10-4-2-6-12(14)13(10)16-19(17,18)9-11-5-3-7-15-8-11/h2,4,6,11,15-16H,3,5,7-9H2,1H3. The molecule has 2 N–H and O–H groups in total. The molecule has 4 nitrogen and oxygen atoms in total. The molecular weight excluding hydrogens is 284 g/mol. The van der Waals surface area contributed by atoms with E-state index in [9.17, 15) is 8.42 Å². The highest BCUT2D eigenvalue weighted by atomic mass is 35.5. The van der Waals surface area contributed by atoms with E-state index in [0.29, 0.717) is 10.7 Å². The van der Waals surface area contributed by atoms with Crippen LogP contribution in [-0.4, -0.2) is 27.3 Å². The number of rotatable bonds is 4. The second-order valence-electron chi connectivity index (χ2n) is 5.03. The highest BCUT2D eigenvalue weighted by Gasteiger charge is 2.22. The lowest BCUT2D eigenvalue weighted by Gasteiger charge is -2.23. The Hall–Kier alpha value is -0.780. The Morgan fingerprint density at radius 2 is 2.26 bits per heavy atom. The molecule has 0 spiro atoms. The molecule has 0 aliphatic carbocycles. The highest BCUT2D eigenvalue weighted by molar-refractivity contribution is 7.92. The minimum absolute atomic E-state index is 0.144. The molecule has 1 saturated heterocycles. The van der Waals surface area contributed by atoms with Crippen LogP contribution in [0.4, 0.5) is 5.69 Å². The van der Waals surface area contributed by atoms with Gasteiger partial charge in [0.1, 0.15) is 0 Å². The summed E-state index contributed by atoms with van der Waals surface area (Å²) in [6.45, 7) is 3.59. The van der Waals surface area contributed by atoms with E-state index in [1.54, 1.807) is 12.1 Å². The van der Waals surface area contributed by atoms with Crippen molar-refractivity contribution in [2.45, 2.75) is 19.8 Å². The van der Waals surface area contributed by atoms with Gasteiger partial charge in [0, 0.05) is 0 Å². The van der Waals surface area contributed by atoms with E-state index in [4.69, 9.17) is 11.6 Å². The van der Waals surface area contributed by atoms with Gasteiger partial charge in [0.15, 0.2) is 0 Å². The number of hydrogen-bond donors (Lipinski definition) is 2. The minimum atomic E-state index is -3.35. The first-order valence-electron chi connectivity index (χ1n) is 6.44. The van der Waals surface area contributed by atoms with E-state index in [0.717, 1.165) is 31.5 Å². The smallest absolute Gasteiger partial charge is 0.233 e. The second kappa shape index (κ2) is 6.11. The Labute approximate surface area is 119 Å². The molecule has 0 radical (unpaired) electrons. The molecule has 0 saturated carbocycles. The average molecular weight is 303 g/mol. The van der Waals surface area contributed by atoms with Crippen molar-refractivity contribution in [1.82, 2.24) is 5.32 Å². The maximum Gasteiger partial charge on any atom is 0.233 e. The van der Waals surface area contributed by atoms with Gasteiger partial charge >= 0.3 is 0 Å². The number of nitrogens with one attached hydrogen (secondary N) is 2. The molecule has 1 aliphatic heterocycles. The fraction of sp³-hybridized carbons (Fsp3) is 0.538. The zero-order valence-electron chi connectivity index (χ0n) is 10.9. The van der Waals surface area contributed by atoms with Gasteiger partial charge in [0.2, 0.25) is 10.0 Å². The molecule has 1 atom stereocenters. The third-order valence-electron chi connectivity index (χ3n) is 3.33. The molecular formula is C13H19ClN2O2S. The second-order valence-corrected chi connectivity index (χ2v) is 7.20. The van der Waals surface area contributed by atoms with Crippen LogP contribution in [0.15, 0.2) is 18.2 Å². The lowest BCUT2D eigenvalue weighted by molar-refractivity contribution is 0.404. The fourth-order valence-corrected chi connectivity index (χ4v) is 4.23. The van der Waals surface area contributed by atoms with Crippen molar-refractivity contribution < 1.29 is 8.42 Å². The fourth-order valence-electron chi connectivity index (χ4n) is 2.33. The Morgan fingerprint density at radius 1 is 1.47 bits per heavy atom. The van der Waals surface area contributed by atoms with Gasteiger partial charge in [-0.3, -0.25) is 4.72 Å². The van der Waals surface area contributed by atoms with E-state index in [1.807, 2.05) is 13.0 Å². The van der Waals surface area contributed by atoms with Crippen molar-refractivity contribution in [3.8, 4) is 0 Å². The number of para-hydroxylation sites is 1. The number of sulfonamides is 1. The van der Waals surface area contributed by atoms with Crippen molar-refractivity contribution in [3.05, 3.63) is 28.8 Å². The number of halogens is 1. The molecule has 1 aromatic carbocycles. The van der Waals surface area contributed by atoms with Gasteiger partial charge in [-0.15, -0.1) is 0 Å². The van der Waals surface area contributed by atoms with Crippen LogP contribution < -0.4 is 10.0 Å². The maximum absolute atomic E-state index is 12.2. The van der Waals surface area contributed by atoms with Gasteiger partial charge in [0.05, 0.1) is 16.5 Å². The van der Waals surface area contributed by atoms with Crippen molar-refractivity contribution in [2.75, 3.05) is 23.6 Å². The SMILES string of the molecule is Cc1cccc(Cl)c1NS(=O)(=O)CC1CCCNC1. The van der Waals surface area contributed by atoms with Gasteiger partial charge in [-0.2, -0.15) is 0 Å². The third-order valence-corrected chi connectivity index (χ3v) is 5.07. The van der Waals surface area contributed by atoms with E-state index in [-0.39, 0.29) is 11.7 Å². The van der Waals surface area contributed by atoms with Crippen molar-refractivity contribution in [2.24, 2.45) is 5.92 Å². The summed E-state index contributed by atoms with van der Waals surface area (Å²) in [6.07, 6.45) is 1.99. The Bertz CT molecular complexity index is 519. The van der Waals surface area contributed by atoms with Crippen LogP contribution in [0, 0.1) is 12.8 Å². The molecule has 19 heavy (non-hydrogen) atoms. The Morgan fingerprint density at radius 3 is 2.89 bits per heavy atom. The summed E-state index contributed by atoms with van der Waals surface area (Å²) in [5, 5.41) is 3.66. The predicted molar refractivity (Wildman–Crippen MR) is 79.2 cm³/mol. The topological polar surface area (TPSA) is 58.2 Å². The molecule has 1 unspecified atom stereocenters. The summed E-state index contributed by atoms with van der Waals surface area (Å²) in [4.78, 5) is 0. The summed E-state index contributed by atoms with van der Waals surface area (Å²) in [7, 11) is -3.35. The number of piperidine rings is 1. The number of benzene rings is 1. The molecule has 0 bridgehead atoms. The minimum Gasteiger partial charge on any atom is -0.316 e. The van der Waals surface area contributed by atoms with Crippen LogP contribution in [0.5, 0.6) is 0 Å². The van der Waals surface area contributed by atoms with Crippen LogP contribution in [-0.2, 0) is 10.0 Å². The van der Waals surface area contributed by atoms with Gasteiger partial charge in [-0.25, -0.2) is 8.42 Å². The number of anilines is 1. The third kappa shape index (κ3) is 4.09. The van der Waals surface area contributed by atoms with Gasteiger partial charge in [-0.1, -0.05) is 23.7 Å². The average Bonchev–Trinajstić information content (AvgIpc) is 2.35. The van der Waals surface area contributed by atoms with Crippen LogP contribution in [0.3, 0.4) is 0 Å². The van der Waals surface area contributed by atoms with E-state index >= 15 is 0 Å². The van der Waals surface area contributed by atoms with E-state index in [2.05, 4.69) is 10.0 Å². The summed E-state index contributed by atoms with van der Waals surface area (Å²) in [6, 6.07) is 5.33. The van der Waals surface area contributed by atoms with Gasteiger partial charge in [-0.05, 0) is 50.4 Å². The first-order chi connectivity index (χ1) is 8.98. The lowest BCUT2D eigenvalue weighted by atomic mass is 10.0. The first kappa shape index (κ1) is 14.6. The molecule has 2 rings (SSSR count). The van der Waals surface area contributed by atoms with E-state index < -0.39 is 10.0 Å². The van der Waals surface area contributed by atoms with Crippen LogP contribution in [0.2, 0.25) is 5.02 Å². The number of aryl methyl sites for hydroxylation is 1. The molecule has 0 aromatic heterocycles. The molecule has 1 aromatic rings. The van der Waals surface area contributed by atoms with Crippen LogP contribution >= 0.6 is 11.6 Å². The zero-order chi connectivity index (χ0) is 13.9. The predicted octanol–water partition coefficient (Wildman–Crippen LogP) is 2.39. The molecule has 1 aliphatic rings. The molecule has 1 heterocycles. The van der Waals surface area contributed by atoms with Crippen LogP contribution in [0.25, 0.3) is 0 Å². The zero-order valence-corrected chi connectivity index (χ0v) is 12.5. The highest BCUT2D eigenvalue weighted by Crippen LogP contribution is 2.27. The summed E-state index contributed by atoms with van der Waals surface area (Å²) >= 11 is 6.04. The Kier molecular flexibility index (Phi) is 4.71. The Balaban J connectivity index is 2.08. The molecule has 106 valence electrons. The normalized spacial score (nSPS) is 20.2. The van der Waals surface area contributed by atoms with Gasteiger partial charge < -0.3 is 5.32 Å². The quantitative estimate of drug-likeness (QED) is 0.898. The van der Waals surface area contributed by atoms with E-state index in [1.165, 1.54) is 0 Å². The molecule has 1 fully saturated rings. The van der Waals surface area contributed by atoms with Crippen molar-refractivity contribution in [1.29, 1.82) is 0 Å². The number of hydrogen-bond acceptors (Lipinski definition) is 3. The van der Waals surface area contributed by atoms with Gasteiger partial charge in [0.25, 0.3) is 0 Å². The summed E-state index contributed by atoms with van der Waals surface area (Å²) in [5.74, 6) is 0.319. The lowest BCUT2D eigenvalue weighted by Crippen LogP contribution is -2.35.